The second-order valence-corrected chi connectivity index (χ2v) is 6.81. The topological polar surface area (TPSA) is 30.5 Å². The van der Waals surface area contributed by atoms with Gasteiger partial charge in [-0.25, -0.2) is 0 Å². The van der Waals surface area contributed by atoms with Gasteiger partial charge < -0.3 is 14.8 Å². The van der Waals surface area contributed by atoms with Crippen LogP contribution in [-0.4, -0.2) is 25.8 Å². The van der Waals surface area contributed by atoms with Crippen molar-refractivity contribution >= 4 is 0 Å². The highest BCUT2D eigenvalue weighted by Gasteiger charge is 2.44. The molecule has 0 amide bonds. The molecule has 3 heteroatoms. The zero-order chi connectivity index (χ0) is 13.6. The summed E-state index contributed by atoms with van der Waals surface area (Å²) < 4.78 is 11.4. The van der Waals surface area contributed by atoms with E-state index in [4.69, 9.17) is 9.47 Å². The molecule has 3 nitrogen and oxygen atoms in total. The number of benzene rings is 1. The van der Waals surface area contributed by atoms with Crippen LogP contribution in [0.1, 0.15) is 38.2 Å². The third-order valence-corrected chi connectivity index (χ3v) is 4.94. The molecule has 108 valence electrons. The quantitative estimate of drug-likeness (QED) is 0.915. The first-order chi connectivity index (χ1) is 9.75. The van der Waals surface area contributed by atoms with Gasteiger partial charge in [-0.2, -0.15) is 0 Å². The number of fused-ring (bicyclic) bond motifs is 1. The maximum absolute atomic E-state index is 5.75. The van der Waals surface area contributed by atoms with Crippen molar-refractivity contribution in [2.24, 2.45) is 5.92 Å². The van der Waals surface area contributed by atoms with Gasteiger partial charge in [0.2, 0.25) is 0 Å². The lowest BCUT2D eigenvalue weighted by Crippen LogP contribution is -2.48. The Morgan fingerprint density at radius 1 is 1.15 bits per heavy atom. The molecule has 4 rings (SSSR count). The zero-order valence-electron chi connectivity index (χ0n) is 12.2. The molecule has 3 aliphatic rings. The summed E-state index contributed by atoms with van der Waals surface area (Å²) in [7, 11) is 0. The van der Waals surface area contributed by atoms with Crippen LogP contribution < -0.4 is 14.8 Å². The van der Waals surface area contributed by atoms with Crippen molar-refractivity contribution in [2.45, 2.75) is 44.1 Å². The van der Waals surface area contributed by atoms with Gasteiger partial charge in [0, 0.05) is 18.0 Å². The molecule has 0 unspecified atom stereocenters. The molecule has 1 heterocycles. The van der Waals surface area contributed by atoms with Crippen molar-refractivity contribution in [3.05, 3.63) is 23.8 Å². The van der Waals surface area contributed by atoms with Gasteiger partial charge in [0.05, 0.1) is 0 Å². The summed E-state index contributed by atoms with van der Waals surface area (Å²) in [6.45, 7) is 4.80. The molecule has 20 heavy (non-hydrogen) atoms. The van der Waals surface area contributed by atoms with Crippen molar-refractivity contribution in [3.8, 4) is 11.5 Å². The molecule has 1 N–H and O–H groups in total. The van der Waals surface area contributed by atoms with Crippen molar-refractivity contribution in [2.75, 3.05) is 19.8 Å². The number of nitrogens with one attached hydrogen (secondary N) is 1. The second-order valence-electron chi connectivity index (χ2n) is 6.81. The summed E-state index contributed by atoms with van der Waals surface area (Å²) in [6.07, 6.45) is 5.28. The average Bonchev–Trinajstić information content (AvgIpc) is 3.26. The van der Waals surface area contributed by atoms with E-state index in [1.165, 1.54) is 31.2 Å². The normalized spacial score (nSPS) is 31.8. The van der Waals surface area contributed by atoms with Crippen LogP contribution in [0.25, 0.3) is 0 Å². The van der Waals surface area contributed by atoms with E-state index in [1.54, 1.807) is 0 Å². The molecule has 2 fully saturated rings. The molecular formula is C17H23NO2. The Morgan fingerprint density at radius 2 is 1.90 bits per heavy atom. The molecule has 0 bridgehead atoms. The third kappa shape index (κ3) is 2.18. The molecular weight excluding hydrogens is 250 g/mol. The Morgan fingerprint density at radius 3 is 2.60 bits per heavy atom. The minimum Gasteiger partial charge on any atom is -0.486 e. The van der Waals surface area contributed by atoms with Crippen molar-refractivity contribution in [3.63, 3.8) is 0 Å². The first-order valence-corrected chi connectivity index (χ1v) is 7.89. The van der Waals surface area contributed by atoms with E-state index in [1.807, 2.05) is 0 Å². The molecule has 1 aliphatic heterocycles. The summed E-state index contributed by atoms with van der Waals surface area (Å²) in [5.74, 6) is 2.67. The Hall–Kier alpha value is -1.22. The number of rotatable bonds is 4. The first-order valence-electron chi connectivity index (χ1n) is 7.89. The van der Waals surface area contributed by atoms with Crippen LogP contribution in [0.15, 0.2) is 18.2 Å². The van der Waals surface area contributed by atoms with E-state index in [0.29, 0.717) is 18.6 Å². The summed E-state index contributed by atoms with van der Waals surface area (Å²) in [6, 6.07) is 7.33. The highest BCUT2D eigenvalue weighted by Crippen LogP contribution is 2.49. The lowest BCUT2D eigenvalue weighted by Gasteiger charge is -2.47. The maximum Gasteiger partial charge on any atom is 0.161 e. The average molecular weight is 273 g/mol. The lowest BCUT2D eigenvalue weighted by atomic mass is 9.59. The molecule has 2 aliphatic carbocycles. The predicted octanol–water partition coefficient (Wildman–Crippen LogP) is 2.88. The van der Waals surface area contributed by atoms with Gasteiger partial charge in [-0.1, -0.05) is 13.0 Å². The van der Waals surface area contributed by atoms with E-state index in [0.717, 1.165) is 30.0 Å². The van der Waals surface area contributed by atoms with E-state index in [9.17, 15) is 0 Å². The summed E-state index contributed by atoms with van der Waals surface area (Å²) in [5.41, 5.74) is 1.74. The Bertz CT molecular complexity index is 504. The fourth-order valence-electron chi connectivity index (χ4n) is 3.76. The van der Waals surface area contributed by atoms with E-state index >= 15 is 0 Å². The van der Waals surface area contributed by atoms with Crippen LogP contribution in [0, 0.1) is 5.92 Å². The Balaban J connectivity index is 1.58. The molecule has 2 saturated carbocycles. The van der Waals surface area contributed by atoms with E-state index in [-0.39, 0.29) is 0 Å². The second kappa shape index (κ2) is 4.66. The fourth-order valence-corrected chi connectivity index (χ4v) is 3.76. The highest BCUT2D eigenvalue weighted by molar-refractivity contribution is 5.47. The monoisotopic (exact) mass is 273 g/mol. The van der Waals surface area contributed by atoms with Gasteiger partial charge in [-0.15, -0.1) is 0 Å². The van der Waals surface area contributed by atoms with Gasteiger partial charge in [0.1, 0.15) is 13.2 Å². The Kier molecular flexibility index (Phi) is 2.92. The number of hydrogen-bond donors (Lipinski definition) is 1. The summed E-state index contributed by atoms with van der Waals surface area (Å²) >= 11 is 0. The van der Waals surface area contributed by atoms with Gasteiger partial charge in [0.25, 0.3) is 0 Å². The van der Waals surface area contributed by atoms with Crippen molar-refractivity contribution < 1.29 is 9.47 Å². The minimum absolute atomic E-state index is 0.317. The smallest absolute Gasteiger partial charge is 0.161 e. The molecule has 1 aromatic carbocycles. The van der Waals surface area contributed by atoms with E-state index in [2.05, 4.69) is 30.4 Å². The molecule has 0 saturated heterocycles. The van der Waals surface area contributed by atoms with Crippen molar-refractivity contribution in [1.82, 2.24) is 5.32 Å². The standard InChI is InChI=1S/C17H23NO2/c1-12-9-17(10-12,11-18-14-3-4-14)13-2-5-15-16(8-13)20-7-6-19-15/h2,5,8,12,14,18H,3-4,6-7,9-11H2,1H3. The molecule has 0 atom stereocenters. The minimum atomic E-state index is 0.317. The van der Waals surface area contributed by atoms with Crippen LogP contribution in [0.3, 0.4) is 0 Å². The molecule has 1 aromatic rings. The van der Waals surface area contributed by atoms with Gasteiger partial charge in [0.15, 0.2) is 11.5 Å². The molecule has 0 radical (unpaired) electrons. The number of ether oxygens (including phenoxy) is 2. The summed E-state index contributed by atoms with van der Waals surface area (Å²) in [4.78, 5) is 0. The zero-order valence-corrected chi connectivity index (χ0v) is 12.2. The maximum atomic E-state index is 5.75. The molecule has 0 aromatic heterocycles. The van der Waals surface area contributed by atoms with Gasteiger partial charge >= 0.3 is 0 Å². The van der Waals surface area contributed by atoms with Gasteiger partial charge in [-0.05, 0) is 49.3 Å². The lowest BCUT2D eigenvalue weighted by molar-refractivity contribution is 0.148. The van der Waals surface area contributed by atoms with Crippen LogP contribution in [0.2, 0.25) is 0 Å². The predicted molar refractivity (Wildman–Crippen MR) is 78.5 cm³/mol. The number of hydrogen-bond acceptors (Lipinski definition) is 3. The highest BCUT2D eigenvalue weighted by atomic mass is 16.6. The molecule has 0 spiro atoms. The Labute approximate surface area is 120 Å². The van der Waals surface area contributed by atoms with Crippen LogP contribution >= 0.6 is 0 Å². The van der Waals surface area contributed by atoms with E-state index < -0.39 is 0 Å². The summed E-state index contributed by atoms with van der Waals surface area (Å²) in [5, 5.41) is 3.73. The first kappa shape index (κ1) is 12.5. The van der Waals surface area contributed by atoms with Crippen molar-refractivity contribution in [1.29, 1.82) is 0 Å². The van der Waals surface area contributed by atoms with Gasteiger partial charge in [-0.3, -0.25) is 0 Å². The fraction of sp³-hybridized carbons (Fsp3) is 0.647. The SMILES string of the molecule is CC1CC(CNC2CC2)(c2ccc3c(c2)OCCO3)C1. The largest absolute Gasteiger partial charge is 0.486 e. The van der Waals surface area contributed by atoms with Crippen LogP contribution in [0.4, 0.5) is 0 Å². The van der Waals surface area contributed by atoms with Crippen LogP contribution in [0.5, 0.6) is 11.5 Å². The van der Waals surface area contributed by atoms with Crippen LogP contribution in [-0.2, 0) is 5.41 Å². The third-order valence-electron chi connectivity index (χ3n) is 4.94.